The van der Waals surface area contributed by atoms with Crippen LogP contribution in [0.5, 0.6) is 0 Å². The number of allylic oxidation sites excluding steroid dienone is 1. The van der Waals surface area contributed by atoms with E-state index in [0.29, 0.717) is 6.54 Å². The van der Waals surface area contributed by atoms with Crippen LogP contribution in [0.15, 0.2) is 12.2 Å². The zero-order chi connectivity index (χ0) is 26.9. The smallest absolute Gasteiger partial charge is 0.0620 e. The van der Waals surface area contributed by atoms with Crippen LogP contribution < -0.4 is 5.32 Å². The van der Waals surface area contributed by atoms with Crippen molar-refractivity contribution in [3.8, 4) is 0 Å². The van der Waals surface area contributed by atoms with Crippen LogP contribution in [0.4, 0.5) is 0 Å². The number of hydrogen-bond acceptors (Lipinski definition) is 3. The Morgan fingerprint density at radius 1 is 0.486 bits per heavy atom. The highest BCUT2D eigenvalue weighted by molar-refractivity contribution is 4.92. The van der Waals surface area contributed by atoms with Crippen molar-refractivity contribution >= 4 is 0 Å². The van der Waals surface area contributed by atoms with Crippen LogP contribution in [-0.2, 0) is 0 Å². The predicted molar refractivity (Wildman–Crippen MR) is 165 cm³/mol. The van der Waals surface area contributed by atoms with E-state index in [1.165, 1.54) is 167 Å². The second-order valence-electron chi connectivity index (χ2n) is 11.5. The topological polar surface area (TPSA) is 52.5 Å². The maximum absolute atomic E-state index is 9.26. The molecule has 0 bridgehead atoms. The van der Waals surface area contributed by atoms with Gasteiger partial charge in [0.25, 0.3) is 0 Å². The van der Waals surface area contributed by atoms with E-state index < -0.39 is 0 Å². The van der Waals surface area contributed by atoms with Gasteiger partial charge in [-0.15, -0.1) is 0 Å². The summed E-state index contributed by atoms with van der Waals surface area (Å²) in [5, 5.41) is 21.2. The summed E-state index contributed by atoms with van der Waals surface area (Å²) in [6.07, 6.45) is 42.6. The molecule has 0 saturated heterocycles. The molecule has 0 aliphatic carbocycles. The lowest BCUT2D eigenvalue weighted by atomic mass is 10.0. The fraction of sp³-hybridized carbons (Fsp3) is 0.941. The number of rotatable bonds is 32. The van der Waals surface area contributed by atoms with Crippen molar-refractivity contribution in [2.75, 3.05) is 19.8 Å². The Kier molecular flexibility index (Phi) is 33.3. The molecule has 3 nitrogen and oxygen atoms in total. The van der Waals surface area contributed by atoms with Gasteiger partial charge >= 0.3 is 0 Å². The largest absolute Gasteiger partial charge is 0.395 e. The first-order valence-corrected chi connectivity index (χ1v) is 17.0. The number of nitrogens with one attached hydrogen (secondary N) is 1. The van der Waals surface area contributed by atoms with Crippen LogP contribution in [0.2, 0.25) is 0 Å². The minimum atomic E-state index is -0.0174. The van der Waals surface area contributed by atoms with Gasteiger partial charge in [-0.25, -0.2) is 0 Å². The van der Waals surface area contributed by atoms with Gasteiger partial charge in [0.2, 0.25) is 0 Å². The Labute approximate surface area is 233 Å². The Balaban J connectivity index is 3.13. The van der Waals surface area contributed by atoms with Gasteiger partial charge in [-0.2, -0.15) is 0 Å². The summed E-state index contributed by atoms with van der Waals surface area (Å²) >= 11 is 0. The fourth-order valence-corrected chi connectivity index (χ4v) is 5.28. The van der Waals surface area contributed by atoms with Gasteiger partial charge in [-0.1, -0.05) is 180 Å². The van der Waals surface area contributed by atoms with Crippen LogP contribution >= 0.6 is 0 Å². The van der Waals surface area contributed by atoms with E-state index in [2.05, 4.69) is 18.3 Å². The third-order valence-corrected chi connectivity index (χ3v) is 7.81. The van der Waals surface area contributed by atoms with Crippen molar-refractivity contribution in [3.63, 3.8) is 0 Å². The molecule has 37 heavy (non-hydrogen) atoms. The first kappa shape index (κ1) is 36.6. The molecule has 0 rings (SSSR count). The molecule has 1 atom stereocenters. The van der Waals surface area contributed by atoms with Gasteiger partial charge in [0.15, 0.2) is 0 Å². The van der Waals surface area contributed by atoms with E-state index in [-0.39, 0.29) is 19.3 Å². The summed E-state index contributed by atoms with van der Waals surface area (Å²) in [5.74, 6) is 0. The van der Waals surface area contributed by atoms with E-state index >= 15 is 0 Å². The van der Waals surface area contributed by atoms with Gasteiger partial charge in [-0.3, -0.25) is 0 Å². The van der Waals surface area contributed by atoms with Crippen LogP contribution in [0.25, 0.3) is 0 Å². The van der Waals surface area contributed by atoms with Crippen molar-refractivity contribution in [1.82, 2.24) is 5.32 Å². The maximum atomic E-state index is 9.26. The first-order valence-electron chi connectivity index (χ1n) is 17.0. The molecule has 3 N–H and O–H groups in total. The molecular formula is C34H69NO2. The normalized spacial score (nSPS) is 12.6. The third-order valence-electron chi connectivity index (χ3n) is 7.81. The lowest BCUT2D eigenvalue weighted by Gasteiger charge is -2.10. The molecule has 0 spiro atoms. The van der Waals surface area contributed by atoms with Crippen molar-refractivity contribution in [1.29, 1.82) is 0 Å². The molecule has 0 aromatic heterocycles. The minimum Gasteiger partial charge on any atom is -0.395 e. The van der Waals surface area contributed by atoms with Crippen LogP contribution in [0.1, 0.15) is 180 Å². The highest BCUT2D eigenvalue weighted by Gasteiger charge is 2.00. The van der Waals surface area contributed by atoms with Gasteiger partial charge in [-0.05, 0) is 12.8 Å². The molecule has 0 aromatic rings. The lowest BCUT2D eigenvalue weighted by Crippen LogP contribution is -2.32. The van der Waals surface area contributed by atoms with E-state index in [9.17, 15) is 5.11 Å². The SMILES string of the molecule is CCCCCCCCCCCCCCCCCCCCCCCCCCCC/C=C/C(CO)NCCO. The second-order valence-corrected chi connectivity index (χ2v) is 11.5. The van der Waals surface area contributed by atoms with Gasteiger partial charge in [0, 0.05) is 12.6 Å². The van der Waals surface area contributed by atoms with Crippen molar-refractivity contribution in [2.45, 2.75) is 186 Å². The average molecular weight is 524 g/mol. The molecule has 1 unspecified atom stereocenters. The van der Waals surface area contributed by atoms with Crippen molar-refractivity contribution in [3.05, 3.63) is 12.2 Å². The summed E-state index contributed by atoms with van der Waals surface area (Å²) in [6.45, 7) is 3.04. The summed E-state index contributed by atoms with van der Waals surface area (Å²) in [6, 6.07) is -0.0174. The van der Waals surface area contributed by atoms with E-state index in [0.717, 1.165) is 6.42 Å². The standard InChI is InChI=1S/C34H69NO2/c1-2-3-4-5-6-7-8-9-10-11-12-13-14-15-16-17-18-19-20-21-22-23-24-25-26-27-28-29-30-34(33-37)35-31-32-36/h29-30,34-37H,2-28,31-33H2,1H3/b30-29+. The van der Waals surface area contributed by atoms with Crippen LogP contribution in [0.3, 0.4) is 0 Å². The predicted octanol–water partition coefficient (Wildman–Crippen LogP) is 10.0. The molecule has 222 valence electrons. The number of hydrogen-bond donors (Lipinski definition) is 3. The monoisotopic (exact) mass is 524 g/mol. The molecule has 0 heterocycles. The summed E-state index contributed by atoms with van der Waals surface area (Å²) < 4.78 is 0. The molecule has 0 aliphatic rings. The Morgan fingerprint density at radius 3 is 1.11 bits per heavy atom. The molecule has 0 aromatic carbocycles. The van der Waals surface area contributed by atoms with Crippen molar-refractivity contribution < 1.29 is 10.2 Å². The molecule has 0 fully saturated rings. The zero-order valence-corrected chi connectivity index (χ0v) is 25.3. The molecule has 3 heteroatoms. The number of aliphatic hydroxyl groups excluding tert-OH is 2. The van der Waals surface area contributed by atoms with Crippen LogP contribution in [-0.4, -0.2) is 36.0 Å². The summed E-state index contributed by atoms with van der Waals surface area (Å²) in [4.78, 5) is 0. The molecule has 0 saturated carbocycles. The van der Waals surface area contributed by atoms with Gasteiger partial charge in [0.1, 0.15) is 0 Å². The average Bonchev–Trinajstić information content (AvgIpc) is 2.92. The minimum absolute atomic E-state index is 0.0174. The highest BCUT2D eigenvalue weighted by atomic mass is 16.3. The fourth-order valence-electron chi connectivity index (χ4n) is 5.28. The van der Waals surface area contributed by atoms with Gasteiger partial charge < -0.3 is 15.5 Å². The second kappa shape index (κ2) is 33.6. The summed E-state index contributed by atoms with van der Waals surface area (Å²) in [7, 11) is 0. The first-order chi connectivity index (χ1) is 18.3. The third kappa shape index (κ3) is 31.7. The molecule has 0 aliphatic heterocycles. The molecule has 0 amide bonds. The van der Waals surface area contributed by atoms with Gasteiger partial charge in [0.05, 0.1) is 13.2 Å². The summed E-state index contributed by atoms with van der Waals surface area (Å²) in [5.41, 5.74) is 0. The number of aliphatic hydroxyl groups is 2. The lowest BCUT2D eigenvalue weighted by molar-refractivity contribution is 0.244. The maximum Gasteiger partial charge on any atom is 0.0620 e. The van der Waals surface area contributed by atoms with Crippen LogP contribution in [0, 0.1) is 0 Å². The molecule has 0 radical (unpaired) electrons. The van der Waals surface area contributed by atoms with Crippen molar-refractivity contribution in [2.24, 2.45) is 0 Å². The Hall–Kier alpha value is -0.380. The Morgan fingerprint density at radius 2 is 0.811 bits per heavy atom. The zero-order valence-electron chi connectivity index (χ0n) is 25.3. The Bertz CT molecular complexity index is 426. The van der Waals surface area contributed by atoms with E-state index in [1.54, 1.807) is 0 Å². The molecular weight excluding hydrogens is 454 g/mol. The number of unbranched alkanes of at least 4 members (excludes halogenated alkanes) is 26. The quantitative estimate of drug-likeness (QED) is 0.0607. The highest BCUT2D eigenvalue weighted by Crippen LogP contribution is 2.16. The van der Waals surface area contributed by atoms with E-state index in [4.69, 9.17) is 5.11 Å². The van der Waals surface area contributed by atoms with E-state index in [1.807, 2.05) is 6.08 Å².